The molecule has 0 spiro atoms. The third kappa shape index (κ3) is 5.52. The van der Waals surface area contributed by atoms with Gasteiger partial charge in [-0.3, -0.25) is 14.9 Å². The Morgan fingerprint density at radius 2 is 2.05 bits per heavy atom. The van der Waals surface area contributed by atoms with E-state index >= 15 is 0 Å². The summed E-state index contributed by atoms with van der Waals surface area (Å²) in [5.74, 6) is 0.154. The summed E-state index contributed by atoms with van der Waals surface area (Å²) in [7, 11) is 1.39. The highest BCUT2D eigenvalue weighted by Crippen LogP contribution is 2.23. The molecule has 0 atom stereocenters. The largest absolute Gasteiger partial charge is 0.493 e. The van der Waals surface area contributed by atoms with Gasteiger partial charge in [0, 0.05) is 13.1 Å². The van der Waals surface area contributed by atoms with Gasteiger partial charge in [-0.1, -0.05) is 6.92 Å². The maximum atomic E-state index is 11.4. The van der Waals surface area contributed by atoms with E-state index in [9.17, 15) is 14.4 Å². The molecule has 2 N–H and O–H groups in total. The fraction of sp³-hybridized carbons (Fsp3) is 0.357. The molecular formula is C14H18N2O5. The fourth-order valence-corrected chi connectivity index (χ4v) is 1.42. The molecule has 1 rings (SSSR count). The van der Waals surface area contributed by atoms with E-state index in [2.05, 4.69) is 10.6 Å². The van der Waals surface area contributed by atoms with Crippen LogP contribution in [0, 0.1) is 0 Å². The maximum Gasteiger partial charge on any atom is 0.321 e. The maximum absolute atomic E-state index is 11.4. The summed E-state index contributed by atoms with van der Waals surface area (Å²) in [6.07, 6.45) is 1.47. The first kappa shape index (κ1) is 16.5. The monoisotopic (exact) mass is 294 g/mol. The molecule has 114 valence electrons. The minimum atomic E-state index is -0.626. The SMILES string of the molecule is CCCOc1ccc(C=O)c(OCC(=O)NC(=O)NC)c1. The number of carbonyl (C=O) groups excluding carboxylic acids is 3. The highest BCUT2D eigenvalue weighted by atomic mass is 16.5. The van der Waals surface area contributed by atoms with Crippen LogP contribution in [0.4, 0.5) is 4.79 Å². The van der Waals surface area contributed by atoms with E-state index in [0.29, 0.717) is 24.2 Å². The molecule has 0 heterocycles. The zero-order valence-corrected chi connectivity index (χ0v) is 12.0. The number of benzene rings is 1. The van der Waals surface area contributed by atoms with Gasteiger partial charge in [0.25, 0.3) is 5.91 Å². The van der Waals surface area contributed by atoms with Gasteiger partial charge in [-0.2, -0.15) is 0 Å². The topological polar surface area (TPSA) is 93.7 Å². The number of nitrogens with one attached hydrogen (secondary N) is 2. The molecule has 0 saturated carbocycles. The van der Waals surface area contributed by atoms with E-state index in [1.807, 2.05) is 6.92 Å². The van der Waals surface area contributed by atoms with Crippen LogP contribution in [0.5, 0.6) is 11.5 Å². The number of urea groups is 1. The molecule has 0 aliphatic rings. The van der Waals surface area contributed by atoms with E-state index in [4.69, 9.17) is 9.47 Å². The van der Waals surface area contributed by atoms with Gasteiger partial charge >= 0.3 is 6.03 Å². The van der Waals surface area contributed by atoms with Gasteiger partial charge in [0.05, 0.1) is 12.2 Å². The molecule has 3 amide bonds. The minimum absolute atomic E-state index is 0.227. The molecule has 0 fully saturated rings. The lowest BCUT2D eigenvalue weighted by atomic mass is 10.2. The summed E-state index contributed by atoms with van der Waals surface area (Å²) in [5.41, 5.74) is 0.298. The first-order chi connectivity index (χ1) is 10.1. The lowest BCUT2D eigenvalue weighted by Gasteiger charge is -2.11. The molecule has 0 bridgehead atoms. The third-order valence-corrected chi connectivity index (χ3v) is 2.42. The summed E-state index contributed by atoms with van der Waals surface area (Å²) in [6, 6.07) is 4.10. The average Bonchev–Trinajstić information content (AvgIpc) is 2.50. The van der Waals surface area contributed by atoms with Gasteiger partial charge in [-0.25, -0.2) is 4.79 Å². The lowest BCUT2D eigenvalue weighted by Crippen LogP contribution is -2.40. The Bertz CT molecular complexity index is 516. The lowest BCUT2D eigenvalue weighted by molar-refractivity contribution is -0.122. The van der Waals surface area contributed by atoms with Crippen LogP contribution in [0.3, 0.4) is 0 Å². The predicted molar refractivity (Wildman–Crippen MR) is 75.7 cm³/mol. The van der Waals surface area contributed by atoms with Crippen molar-refractivity contribution in [3.63, 3.8) is 0 Å². The van der Waals surface area contributed by atoms with Crippen molar-refractivity contribution in [2.45, 2.75) is 13.3 Å². The molecule has 0 aliphatic heterocycles. The number of rotatable bonds is 7. The van der Waals surface area contributed by atoms with Crippen LogP contribution in [0.2, 0.25) is 0 Å². The highest BCUT2D eigenvalue weighted by Gasteiger charge is 2.10. The Labute approximate surface area is 122 Å². The number of amides is 3. The molecule has 21 heavy (non-hydrogen) atoms. The van der Waals surface area contributed by atoms with Crippen LogP contribution < -0.4 is 20.1 Å². The molecule has 1 aromatic carbocycles. The van der Waals surface area contributed by atoms with Gasteiger partial charge in [0.2, 0.25) is 0 Å². The number of imide groups is 1. The van der Waals surface area contributed by atoms with Crippen LogP contribution >= 0.6 is 0 Å². The molecule has 7 heteroatoms. The molecular weight excluding hydrogens is 276 g/mol. The molecule has 0 saturated heterocycles. The summed E-state index contributed by atoms with van der Waals surface area (Å²) >= 11 is 0. The van der Waals surface area contributed by atoms with E-state index in [-0.39, 0.29) is 12.4 Å². The van der Waals surface area contributed by atoms with Crippen molar-refractivity contribution in [2.75, 3.05) is 20.3 Å². The van der Waals surface area contributed by atoms with Gasteiger partial charge in [-0.15, -0.1) is 0 Å². The number of carbonyl (C=O) groups is 3. The van der Waals surface area contributed by atoms with Crippen molar-refractivity contribution in [2.24, 2.45) is 0 Å². The molecule has 0 radical (unpaired) electrons. The van der Waals surface area contributed by atoms with Crippen LogP contribution in [0.15, 0.2) is 18.2 Å². The highest BCUT2D eigenvalue weighted by molar-refractivity contribution is 5.95. The van der Waals surface area contributed by atoms with E-state index in [0.717, 1.165) is 6.42 Å². The van der Waals surface area contributed by atoms with Crippen molar-refractivity contribution in [1.82, 2.24) is 10.6 Å². The Morgan fingerprint density at radius 1 is 1.29 bits per heavy atom. The average molecular weight is 294 g/mol. The van der Waals surface area contributed by atoms with Gasteiger partial charge in [0.15, 0.2) is 12.9 Å². The number of hydrogen-bond donors (Lipinski definition) is 2. The Kier molecular flexibility index (Phi) is 6.73. The minimum Gasteiger partial charge on any atom is -0.493 e. The van der Waals surface area contributed by atoms with Gasteiger partial charge < -0.3 is 14.8 Å². The first-order valence-corrected chi connectivity index (χ1v) is 6.47. The first-order valence-electron chi connectivity index (χ1n) is 6.47. The van der Waals surface area contributed by atoms with E-state index < -0.39 is 11.9 Å². The second-order valence-corrected chi connectivity index (χ2v) is 4.08. The fourth-order valence-electron chi connectivity index (χ4n) is 1.42. The zero-order valence-electron chi connectivity index (χ0n) is 12.0. The summed E-state index contributed by atoms with van der Waals surface area (Å²) in [5, 5.41) is 4.30. The van der Waals surface area contributed by atoms with E-state index in [1.165, 1.54) is 13.1 Å². The zero-order chi connectivity index (χ0) is 15.7. The van der Waals surface area contributed by atoms with Crippen LogP contribution in [-0.2, 0) is 4.79 Å². The molecule has 0 aromatic heterocycles. The Morgan fingerprint density at radius 3 is 2.67 bits per heavy atom. The summed E-state index contributed by atoms with van der Waals surface area (Å²) in [4.78, 5) is 33.3. The normalized spacial score (nSPS) is 9.62. The van der Waals surface area contributed by atoms with Crippen molar-refractivity contribution >= 4 is 18.2 Å². The standard InChI is InChI=1S/C14H18N2O5/c1-3-6-20-11-5-4-10(8-17)12(7-11)21-9-13(18)16-14(19)15-2/h4-5,7-8H,3,6,9H2,1-2H3,(H2,15,16,18,19). The number of aldehydes is 1. The third-order valence-electron chi connectivity index (χ3n) is 2.42. The predicted octanol–water partition coefficient (Wildman–Crippen LogP) is 1.12. The van der Waals surface area contributed by atoms with E-state index in [1.54, 1.807) is 12.1 Å². The second-order valence-electron chi connectivity index (χ2n) is 4.08. The Balaban J connectivity index is 2.69. The number of hydrogen-bond acceptors (Lipinski definition) is 5. The summed E-state index contributed by atoms with van der Waals surface area (Å²) < 4.78 is 10.7. The van der Waals surface area contributed by atoms with Gasteiger partial charge in [0.1, 0.15) is 11.5 Å². The molecule has 0 aliphatic carbocycles. The quantitative estimate of drug-likeness (QED) is 0.735. The molecule has 1 aromatic rings. The van der Waals surface area contributed by atoms with Crippen molar-refractivity contribution in [1.29, 1.82) is 0 Å². The van der Waals surface area contributed by atoms with Crippen molar-refractivity contribution < 1.29 is 23.9 Å². The van der Waals surface area contributed by atoms with Crippen LogP contribution in [0.1, 0.15) is 23.7 Å². The van der Waals surface area contributed by atoms with Gasteiger partial charge in [-0.05, 0) is 18.6 Å². The molecule has 0 unspecified atom stereocenters. The number of ether oxygens (including phenoxy) is 2. The molecule has 7 nitrogen and oxygen atoms in total. The van der Waals surface area contributed by atoms with Crippen molar-refractivity contribution in [3.8, 4) is 11.5 Å². The van der Waals surface area contributed by atoms with Crippen molar-refractivity contribution in [3.05, 3.63) is 23.8 Å². The second kappa shape index (κ2) is 8.57. The van der Waals surface area contributed by atoms with Crippen LogP contribution in [-0.4, -0.2) is 38.5 Å². The Hall–Kier alpha value is -2.57. The summed E-state index contributed by atoms with van der Waals surface area (Å²) in [6.45, 7) is 2.13. The smallest absolute Gasteiger partial charge is 0.321 e. The van der Waals surface area contributed by atoms with Crippen LogP contribution in [0.25, 0.3) is 0 Å².